The standard InChI is InChI=1S/C29H39F2N3O2/c1-4-29-14-13-27(2,36)15-17(29)5-6-18-19-7-8-21(28(19,3)12-11-20(18)29)24(35)16-34-23-10-9-22(30)25(31)26(23)32-33-34/h9-10,17-21,36H,4-8,11-16H2,1-3H3/t17-,18+,19+,20+,21-,27-,28+,29+/m1/s1. The molecule has 4 aliphatic carbocycles. The lowest BCUT2D eigenvalue weighted by atomic mass is 9.42. The summed E-state index contributed by atoms with van der Waals surface area (Å²) in [6, 6.07) is 2.52. The van der Waals surface area contributed by atoms with E-state index in [-0.39, 0.29) is 29.2 Å². The van der Waals surface area contributed by atoms with Crippen LogP contribution in [0.4, 0.5) is 8.78 Å². The van der Waals surface area contributed by atoms with Crippen molar-refractivity contribution in [1.29, 1.82) is 0 Å². The average Bonchev–Trinajstić information content (AvgIpc) is 3.41. The summed E-state index contributed by atoms with van der Waals surface area (Å²) >= 11 is 0. The van der Waals surface area contributed by atoms with Gasteiger partial charge in [0.2, 0.25) is 0 Å². The summed E-state index contributed by atoms with van der Waals surface area (Å²) in [5.74, 6) is 0.661. The van der Waals surface area contributed by atoms with Gasteiger partial charge in [0.1, 0.15) is 6.54 Å². The van der Waals surface area contributed by atoms with E-state index in [1.165, 1.54) is 36.4 Å². The number of Topliss-reactive ketones (excluding diaryl/α,β-unsaturated/α-hetero) is 1. The minimum Gasteiger partial charge on any atom is -0.390 e. The van der Waals surface area contributed by atoms with Gasteiger partial charge in [-0.05, 0) is 118 Å². The van der Waals surface area contributed by atoms with Crippen LogP contribution in [0.5, 0.6) is 0 Å². The van der Waals surface area contributed by atoms with Crippen LogP contribution >= 0.6 is 0 Å². The van der Waals surface area contributed by atoms with E-state index < -0.39 is 17.2 Å². The first-order chi connectivity index (χ1) is 17.1. The highest BCUT2D eigenvalue weighted by molar-refractivity contribution is 5.84. The van der Waals surface area contributed by atoms with Crippen molar-refractivity contribution >= 4 is 16.8 Å². The maximum Gasteiger partial charge on any atom is 0.188 e. The lowest BCUT2D eigenvalue weighted by molar-refractivity contribution is -0.158. The first kappa shape index (κ1) is 24.4. The number of carbonyl (C=O) groups excluding carboxylic acids is 1. The van der Waals surface area contributed by atoms with E-state index in [2.05, 4.69) is 24.2 Å². The normalized spacial score (nSPS) is 42.1. The maximum absolute atomic E-state index is 14.1. The minimum absolute atomic E-state index is 0.0199. The smallest absolute Gasteiger partial charge is 0.188 e. The first-order valence-electron chi connectivity index (χ1n) is 14.0. The van der Waals surface area contributed by atoms with Gasteiger partial charge in [0.05, 0.1) is 11.1 Å². The van der Waals surface area contributed by atoms with Gasteiger partial charge in [-0.3, -0.25) is 4.79 Å². The number of nitrogens with zero attached hydrogens (tertiary/aromatic N) is 3. The zero-order chi connectivity index (χ0) is 25.5. The summed E-state index contributed by atoms with van der Waals surface area (Å²) in [6.45, 7) is 6.78. The Morgan fingerprint density at radius 2 is 1.89 bits per heavy atom. The van der Waals surface area contributed by atoms with E-state index in [0.717, 1.165) is 44.6 Å². The Balaban J connectivity index is 1.23. The highest BCUT2D eigenvalue weighted by Gasteiger charge is 2.62. The van der Waals surface area contributed by atoms with Crippen LogP contribution in [0.2, 0.25) is 0 Å². The van der Waals surface area contributed by atoms with Gasteiger partial charge in [-0.15, -0.1) is 5.10 Å². The Morgan fingerprint density at radius 3 is 2.67 bits per heavy atom. The fourth-order valence-electron chi connectivity index (χ4n) is 9.83. The molecular formula is C29H39F2N3O2. The molecule has 0 radical (unpaired) electrons. The third-order valence-electron chi connectivity index (χ3n) is 11.6. The third-order valence-corrected chi connectivity index (χ3v) is 11.6. The summed E-state index contributed by atoms with van der Waals surface area (Å²) in [5, 5.41) is 18.6. The molecule has 8 atom stereocenters. The van der Waals surface area contributed by atoms with Crippen molar-refractivity contribution in [3.05, 3.63) is 23.8 Å². The molecule has 1 N–H and O–H groups in total. The molecular weight excluding hydrogens is 460 g/mol. The van der Waals surface area contributed by atoms with Crippen LogP contribution in [-0.2, 0) is 11.3 Å². The van der Waals surface area contributed by atoms with Crippen LogP contribution in [0.25, 0.3) is 11.0 Å². The first-order valence-corrected chi connectivity index (χ1v) is 14.0. The van der Waals surface area contributed by atoms with Gasteiger partial charge in [0, 0.05) is 5.92 Å². The van der Waals surface area contributed by atoms with Crippen LogP contribution in [0.1, 0.15) is 85.0 Å². The lowest BCUT2D eigenvalue weighted by Crippen LogP contribution is -2.56. The quantitative estimate of drug-likeness (QED) is 0.554. The Bertz CT molecular complexity index is 1190. The highest BCUT2D eigenvalue weighted by Crippen LogP contribution is 2.69. The molecule has 1 heterocycles. The monoisotopic (exact) mass is 499 g/mol. The molecule has 0 aliphatic heterocycles. The lowest BCUT2D eigenvalue weighted by Gasteiger charge is -2.63. The van der Waals surface area contributed by atoms with Crippen LogP contribution in [0.15, 0.2) is 12.1 Å². The molecule has 2 aromatic rings. The summed E-state index contributed by atoms with van der Waals surface area (Å²) in [4.78, 5) is 13.7. The number of benzene rings is 1. The molecule has 196 valence electrons. The predicted octanol–water partition coefficient (Wildman–Crippen LogP) is 6.08. The number of aromatic nitrogens is 3. The summed E-state index contributed by atoms with van der Waals surface area (Å²) in [6.07, 6.45) is 10.8. The second-order valence-corrected chi connectivity index (χ2v) is 13.1. The molecule has 36 heavy (non-hydrogen) atoms. The molecule has 0 bridgehead atoms. The molecule has 0 amide bonds. The van der Waals surface area contributed by atoms with E-state index >= 15 is 0 Å². The molecule has 6 rings (SSSR count). The molecule has 4 aliphatic rings. The number of hydrogen-bond donors (Lipinski definition) is 1. The number of rotatable bonds is 4. The van der Waals surface area contributed by atoms with E-state index in [9.17, 15) is 18.7 Å². The molecule has 4 fully saturated rings. The van der Waals surface area contributed by atoms with Gasteiger partial charge in [0.25, 0.3) is 0 Å². The largest absolute Gasteiger partial charge is 0.390 e. The number of carbonyl (C=O) groups is 1. The summed E-state index contributed by atoms with van der Waals surface area (Å²) in [7, 11) is 0. The van der Waals surface area contributed by atoms with Gasteiger partial charge < -0.3 is 5.11 Å². The second kappa shape index (κ2) is 8.31. The Labute approximate surface area is 212 Å². The Hall–Kier alpha value is -1.89. The fourth-order valence-corrected chi connectivity index (χ4v) is 9.83. The van der Waals surface area contributed by atoms with E-state index in [1.807, 2.05) is 6.92 Å². The van der Waals surface area contributed by atoms with Crippen LogP contribution in [0, 0.1) is 52.1 Å². The van der Waals surface area contributed by atoms with Crippen LogP contribution in [-0.4, -0.2) is 31.5 Å². The van der Waals surface area contributed by atoms with E-state index in [0.29, 0.717) is 34.6 Å². The summed E-state index contributed by atoms with van der Waals surface area (Å²) in [5.41, 5.74) is 0.0420. The SMILES string of the molecule is CC[C@]12CC[C@@](C)(O)C[C@H]1CC[C@H]1[C@@H]3CC[C@H](C(=O)Cn4nnc5c(F)c(F)ccc54)[C@@]3(C)CC[C@@H]12. The number of halogens is 2. The van der Waals surface area contributed by atoms with Crippen LogP contribution in [0.3, 0.4) is 0 Å². The zero-order valence-electron chi connectivity index (χ0n) is 21.8. The van der Waals surface area contributed by atoms with Crippen LogP contribution < -0.4 is 0 Å². The molecule has 4 saturated carbocycles. The van der Waals surface area contributed by atoms with Gasteiger partial charge in [-0.2, -0.15) is 0 Å². The minimum atomic E-state index is -1.01. The van der Waals surface area contributed by atoms with Gasteiger partial charge in [-0.25, -0.2) is 13.5 Å². The zero-order valence-corrected chi connectivity index (χ0v) is 21.8. The highest BCUT2D eigenvalue weighted by atomic mass is 19.2. The maximum atomic E-state index is 14.1. The number of aliphatic hydroxyl groups is 1. The van der Waals surface area contributed by atoms with E-state index in [1.54, 1.807) is 0 Å². The Kier molecular flexibility index (Phi) is 5.64. The topological polar surface area (TPSA) is 68.0 Å². The molecule has 0 spiro atoms. The summed E-state index contributed by atoms with van der Waals surface area (Å²) < 4.78 is 29.2. The molecule has 0 unspecified atom stereocenters. The molecule has 1 aromatic heterocycles. The van der Waals surface area contributed by atoms with Crippen molar-refractivity contribution in [1.82, 2.24) is 15.0 Å². The van der Waals surface area contributed by atoms with Crippen molar-refractivity contribution in [2.75, 3.05) is 0 Å². The van der Waals surface area contributed by atoms with Crippen molar-refractivity contribution in [3.63, 3.8) is 0 Å². The van der Waals surface area contributed by atoms with Gasteiger partial charge in [-0.1, -0.05) is 19.1 Å². The van der Waals surface area contributed by atoms with Crippen molar-refractivity contribution in [2.24, 2.45) is 40.4 Å². The molecule has 1 aromatic carbocycles. The van der Waals surface area contributed by atoms with Crippen molar-refractivity contribution < 1.29 is 18.7 Å². The van der Waals surface area contributed by atoms with Crippen molar-refractivity contribution in [3.8, 4) is 0 Å². The molecule has 5 nitrogen and oxygen atoms in total. The number of hydrogen-bond acceptors (Lipinski definition) is 4. The van der Waals surface area contributed by atoms with Crippen molar-refractivity contribution in [2.45, 2.75) is 97.1 Å². The van der Waals surface area contributed by atoms with Gasteiger partial charge in [0.15, 0.2) is 22.9 Å². The third kappa shape index (κ3) is 3.44. The number of ketones is 1. The molecule has 7 heteroatoms. The average molecular weight is 500 g/mol. The predicted molar refractivity (Wildman–Crippen MR) is 133 cm³/mol. The fraction of sp³-hybridized carbons (Fsp3) is 0.759. The number of fused-ring (bicyclic) bond motifs is 6. The Morgan fingerprint density at radius 1 is 1.08 bits per heavy atom. The van der Waals surface area contributed by atoms with E-state index in [4.69, 9.17) is 0 Å². The second-order valence-electron chi connectivity index (χ2n) is 13.1. The molecule has 0 saturated heterocycles. The van der Waals surface area contributed by atoms with Gasteiger partial charge >= 0.3 is 0 Å².